The number of aromatic nitrogens is 3. The van der Waals surface area contributed by atoms with Gasteiger partial charge in [0, 0.05) is 12.2 Å². The number of thioether (sulfide) groups is 1. The third-order valence-electron chi connectivity index (χ3n) is 2.81. The summed E-state index contributed by atoms with van der Waals surface area (Å²) < 4.78 is 1.47. The van der Waals surface area contributed by atoms with Crippen molar-refractivity contribution in [2.45, 2.75) is 30.7 Å². The molecule has 0 bridgehead atoms. The number of hydrogen-bond acceptors (Lipinski definition) is 5. The summed E-state index contributed by atoms with van der Waals surface area (Å²) in [5, 5.41) is 17.8. The Bertz CT molecular complexity index is 612. The van der Waals surface area contributed by atoms with Crippen LogP contribution in [0.3, 0.4) is 0 Å². The van der Waals surface area contributed by atoms with Gasteiger partial charge in [0.2, 0.25) is 5.16 Å². The monoisotopic (exact) mass is 292 g/mol. The van der Waals surface area contributed by atoms with Gasteiger partial charge in [-0.25, -0.2) is 9.47 Å². The van der Waals surface area contributed by atoms with Crippen molar-refractivity contribution >= 4 is 17.7 Å². The minimum Gasteiger partial charge on any atom is -0.478 e. The predicted octanol–water partition coefficient (Wildman–Crippen LogP) is 1.93. The molecule has 1 heterocycles. The third-order valence-corrected chi connectivity index (χ3v) is 3.81. The van der Waals surface area contributed by atoms with Crippen LogP contribution in [-0.2, 0) is 12.2 Å². The lowest BCUT2D eigenvalue weighted by Crippen LogP contribution is -2.14. The number of carboxylic acids is 1. The van der Waals surface area contributed by atoms with Crippen molar-refractivity contribution in [3.05, 3.63) is 41.2 Å². The first-order valence-electron chi connectivity index (χ1n) is 6.26. The van der Waals surface area contributed by atoms with E-state index in [1.165, 1.54) is 16.4 Å². The van der Waals surface area contributed by atoms with E-state index in [1.807, 2.05) is 13.0 Å². The molecule has 0 atom stereocenters. The van der Waals surface area contributed by atoms with Crippen LogP contribution < -0.4 is 5.84 Å². The highest BCUT2D eigenvalue weighted by molar-refractivity contribution is 7.98. The number of aryl methyl sites for hydroxylation is 1. The van der Waals surface area contributed by atoms with Crippen LogP contribution in [0.15, 0.2) is 29.4 Å². The second-order valence-corrected chi connectivity index (χ2v) is 5.21. The lowest BCUT2D eigenvalue weighted by molar-refractivity contribution is 0.0696. The molecule has 0 unspecified atom stereocenters. The van der Waals surface area contributed by atoms with E-state index in [0.29, 0.717) is 16.5 Å². The molecule has 0 aliphatic rings. The van der Waals surface area contributed by atoms with Gasteiger partial charge in [-0.3, -0.25) is 0 Å². The molecular weight excluding hydrogens is 276 g/mol. The minimum absolute atomic E-state index is 0.303. The number of nitrogens with zero attached hydrogens (tertiary/aromatic N) is 3. The standard InChI is InChI=1S/C13H16N4O2S/c1-2-5-11-15-16-13(17(11)14)20-8-9-6-3-4-7-10(9)12(18)19/h3-4,6-7H,2,5,8,14H2,1H3,(H,18,19). The van der Waals surface area contributed by atoms with E-state index < -0.39 is 5.97 Å². The number of carbonyl (C=O) groups is 1. The fraction of sp³-hybridized carbons (Fsp3) is 0.308. The van der Waals surface area contributed by atoms with Gasteiger partial charge in [0.15, 0.2) is 5.82 Å². The number of nitrogen functional groups attached to an aromatic ring is 1. The summed E-state index contributed by atoms with van der Waals surface area (Å²) in [7, 11) is 0. The highest BCUT2D eigenvalue weighted by atomic mass is 32.2. The summed E-state index contributed by atoms with van der Waals surface area (Å²) in [6, 6.07) is 6.91. The van der Waals surface area contributed by atoms with Crippen LogP contribution in [0, 0.1) is 0 Å². The zero-order valence-corrected chi connectivity index (χ0v) is 11.9. The summed E-state index contributed by atoms with van der Waals surface area (Å²) in [6.07, 6.45) is 1.72. The largest absolute Gasteiger partial charge is 0.478 e. The van der Waals surface area contributed by atoms with Gasteiger partial charge in [0.25, 0.3) is 0 Å². The van der Waals surface area contributed by atoms with E-state index in [4.69, 9.17) is 10.9 Å². The Kier molecular flexibility index (Phi) is 4.62. The number of benzene rings is 1. The average Bonchev–Trinajstić information content (AvgIpc) is 2.78. The van der Waals surface area contributed by atoms with Crippen molar-refractivity contribution in [2.75, 3.05) is 5.84 Å². The molecule has 6 nitrogen and oxygen atoms in total. The topological polar surface area (TPSA) is 94.0 Å². The molecule has 0 saturated heterocycles. The minimum atomic E-state index is -0.929. The normalized spacial score (nSPS) is 10.7. The zero-order chi connectivity index (χ0) is 14.5. The summed E-state index contributed by atoms with van der Waals surface area (Å²) in [4.78, 5) is 11.1. The second kappa shape index (κ2) is 6.42. The van der Waals surface area contributed by atoms with Gasteiger partial charge in [-0.05, 0) is 18.1 Å². The van der Waals surface area contributed by atoms with Crippen LogP contribution in [0.4, 0.5) is 0 Å². The molecule has 106 valence electrons. The Morgan fingerprint density at radius 1 is 1.40 bits per heavy atom. The van der Waals surface area contributed by atoms with Crippen molar-refractivity contribution in [2.24, 2.45) is 0 Å². The van der Waals surface area contributed by atoms with Crippen molar-refractivity contribution in [3.8, 4) is 0 Å². The van der Waals surface area contributed by atoms with E-state index in [9.17, 15) is 4.79 Å². The van der Waals surface area contributed by atoms with Gasteiger partial charge in [-0.1, -0.05) is 36.9 Å². The first-order valence-corrected chi connectivity index (χ1v) is 7.25. The average molecular weight is 292 g/mol. The second-order valence-electron chi connectivity index (χ2n) is 4.27. The molecule has 0 saturated carbocycles. The SMILES string of the molecule is CCCc1nnc(SCc2ccccc2C(=O)O)n1N. The first kappa shape index (κ1) is 14.4. The number of nitrogens with two attached hydrogens (primary N) is 1. The van der Waals surface area contributed by atoms with Crippen LogP contribution in [-0.4, -0.2) is 25.9 Å². The number of carboxylic acid groups (broad SMARTS) is 1. The summed E-state index contributed by atoms with van der Waals surface area (Å²) >= 11 is 1.38. The Balaban J connectivity index is 2.11. The lowest BCUT2D eigenvalue weighted by Gasteiger charge is -2.05. The quantitative estimate of drug-likeness (QED) is 0.624. The van der Waals surface area contributed by atoms with Crippen LogP contribution >= 0.6 is 11.8 Å². The fourth-order valence-corrected chi connectivity index (χ4v) is 2.68. The van der Waals surface area contributed by atoms with Gasteiger partial charge in [-0.2, -0.15) is 0 Å². The van der Waals surface area contributed by atoms with E-state index in [-0.39, 0.29) is 0 Å². The number of hydrogen-bond donors (Lipinski definition) is 2. The summed E-state index contributed by atoms with van der Waals surface area (Å²) in [5.74, 6) is 6.20. The molecular formula is C13H16N4O2S. The molecule has 0 aliphatic carbocycles. The molecule has 0 aliphatic heterocycles. The Labute approximate surface area is 121 Å². The molecule has 1 aromatic carbocycles. The maximum Gasteiger partial charge on any atom is 0.335 e. The van der Waals surface area contributed by atoms with Crippen molar-refractivity contribution in [3.63, 3.8) is 0 Å². The molecule has 0 fully saturated rings. The molecule has 20 heavy (non-hydrogen) atoms. The Morgan fingerprint density at radius 2 is 2.15 bits per heavy atom. The van der Waals surface area contributed by atoms with Crippen LogP contribution in [0.1, 0.15) is 35.1 Å². The van der Waals surface area contributed by atoms with E-state index in [0.717, 1.165) is 24.2 Å². The molecule has 2 aromatic rings. The zero-order valence-electron chi connectivity index (χ0n) is 11.1. The molecule has 0 amide bonds. The van der Waals surface area contributed by atoms with Gasteiger partial charge < -0.3 is 10.9 Å². The van der Waals surface area contributed by atoms with Crippen LogP contribution in [0.2, 0.25) is 0 Å². The third kappa shape index (κ3) is 3.11. The van der Waals surface area contributed by atoms with Gasteiger partial charge in [0.1, 0.15) is 0 Å². The Hall–Kier alpha value is -2.02. The first-order chi connectivity index (χ1) is 9.63. The van der Waals surface area contributed by atoms with Crippen LogP contribution in [0.25, 0.3) is 0 Å². The molecule has 0 spiro atoms. The number of rotatable bonds is 6. The maximum absolute atomic E-state index is 11.1. The molecule has 7 heteroatoms. The lowest BCUT2D eigenvalue weighted by atomic mass is 10.1. The summed E-state index contributed by atoms with van der Waals surface area (Å²) in [5.41, 5.74) is 1.04. The van der Waals surface area contributed by atoms with Crippen molar-refractivity contribution in [1.82, 2.24) is 14.9 Å². The van der Waals surface area contributed by atoms with E-state index >= 15 is 0 Å². The van der Waals surface area contributed by atoms with Crippen molar-refractivity contribution in [1.29, 1.82) is 0 Å². The van der Waals surface area contributed by atoms with E-state index in [2.05, 4.69) is 10.2 Å². The highest BCUT2D eigenvalue weighted by Crippen LogP contribution is 2.22. The predicted molar refractivity (Wildman–Crippen MR) is 77.1 cm³/mol. The smallest absolute Gasteiger partial charge is 0.335 e. The molecule has 2 rings (SSSR count). The summed E-state index contributed by atoms with van der Waals surface area (Å²) in [6.45, 7) is 2.05. The molecule has 3 N–H and O–H groups in total. The maximum atomic E-state index is 11.1. The van der Waals surface area contributed by atoms with Gasteiger partial charge >= 0.3 is 5.97 Å². The highest BCUT2D eigenvalue weighted by Gasteiger charge is 2.13. The Morgan fingerprint density at radius 3 is 2.85 bits per heavy atom. The number of aromatic carboxylic acids is 1. The van der Waals surface area contributed by atoms with Gasteiger partial charge in [0.05, 0.1) is 5.56 Å². The molecule has 0 radical (unpaired) electrons. The molecule has 1 aromatic heterocycles. The van der Waals surface area contributed by atoms with Crippen LogP contribution in [0.5, 0.6) is 0 Å². The van der Waals surface area contributed by atoms with E-state index in [1.54, 1.807) is 18.2 Å². The van der Waals surface area contributed by atoms with Gasteiger partial charge in [-0.15, -0.1) is 10.2 Å². The van der Waals surface area contributed by atoms with Crippen molar-refractivity contribution < 1.29 is 9.90 Å². The fourth-order valence-electron chi connectivity index (χ4n) is 1.80.